The molecule has 1 amide bonds. The maximum Gasteiger partial charge on any atom is 0.255 e. The van der Waals surface area contributed by atoms with E-state index >= 15 is 0 Å². The van der Waals surface area contributed by atoms with Crippen molar-refractivity contribution in [2.45, 2.75) is 37.8 Å². The molecule has 3 heterocycles. The van der Waals surface area contributed by atoms with Gasteiger partial charge in [-0.3, -0.25) is 4.79 Å². The molecule has 2 aliphatic rings. The van der Waals surface area contributed by atoms with Crippen LogP contribution in [0.1, 0.15) is 47.6 Å². The van der Waals surface area contributed by atoms with Crippen molar-refractivity contribution in [3.63, 3.8) is 0 Å². The van der Waals surface area contributed by atoms with Crippen molar-refractivity contribution in [1.82, 2.24) is 14.9 Å². The van der Waals surface area contributed by atoms with Gasteiger partial charge < -0.3 is 10.2 Å². The van der Waals surface area contributed by atoms with Gasteiger partial charge >= 0.3 is 0 Å². The van der Waals surface area contributed by atoms with Crippen molar-refractivity contribution in [2.24, 2.45) is 0 Å². The highest BCUT2D eigenvalue weighted by Gasteiger charge is 2.30. The Kier molecular flexibility index (Phi) is 4.03. The number of benzene rings is 1. The zero-order chi connectivity index (χ0) is 19.3. The number of nitrogens with one attached hydrogen (secondary N) is 1. The van der Waals surface area contributed by atoms with Crippen LogP contribution in [0.2, 0.25) is 0 Å². The third-order valence-electron chi connectivity index (χ3n) is 5.56. The first-order valence-electron chi connectivity index (χ1n) is 9.60. The fraction of sp³-hybridized carbons (Fsp3) is 0.333. The van der Waals surface area contributed by atoms with Crippen LogP contribution in [0.15, 0.2) is 42.7 Å². The summed E-state index contributed by atoms with van der Waals surface area (Å²) in [6.45, 7) is 0.745. The number of fused-ring (bicyclic) bond motifs is 1. The van der Waals surface area contributed by atoms with E-state index in [0.29, 0.717) is 16.6 Å². The summed E-state index contributed by atoms with van der Waals surface area (Å²) in [5.41, 5.74) is 2.49. The lowest BCUT2D eigenvalue weighted by molar-refractivity contribution is 0.0952. The fourth-order valence-corrected chi connectivity index (χ4v) is 3.98. The molecule has 1 unspecified atom stereocenters. The Labute approximate surface area is 161 Å². The molecule has 2 aromatic heterocycles. The van der Waals surface area contributed by atoms with Crippen LogP contribution in [0.25, 0.3) is 5.52 Å². The Morgan fingerprint density at radius 1 is 1.14 bits per heavy atom. The van der Waals surface area contributed by atoms with E-state index in [-0.39, 0.29) is 18.0 Å². The van der Waals surface area contributed by atoms with E-state index in [9.17, 15) is 13.6 Å². The van der Waals surface area contributed by atoms with Crippen molar-refractivity contribution in [2.75, 3.05) is 11.4 Å². The number of aromatic nitrogens is 2. The van der Waals surface area contributed by atoms with Crippen LogP contribution in [0.3, 0.4) is 0 Å². The number of pyridine rings is 1. The number of rotatable bonds is 4. The SMILES string of the molecule is O=C(NC1CC1)c1cnn2ccc(N3CCCC3c3cc(F)ccc3F)cc12. The van der Waals surface area contributed by atoms with Crippen molar-refractivity contribution < 1.29 is 13.6 Å². The van der Waals surface area contributed by atoms with E-state index in [1.54, 1.807) is 16.9 Å². The normalized spacial score (nSPS) is 19.4. The topological polar surface area (TPSA) is 49.6 Å². The van der Waals surface area contributed by atoms with Gasteiger partial charge in [0.1, 0.15) is 11.6 Å². The summed E-state index contributed by atoms with van der Waals surface area (Å²) >= 11 is 0. The van der Waals surface area contributed by atoms with Crippen molar-refractivity contribution in [1.29, 1.82) is 0 Å². The highest BCUT2D eigenvalue weighted by molar-refractivity contribution is 6.01. The Morgan fingerprint density at radius 3 is 2.82 bits per heavy atom. The minimum absolute atomic E-state index is 0.121. The second-order valence-corrected chi connectivity index (χ2v) is 7.54. The average Bonchev–Trinajstić information content (AvgIpc) is 3.20. The number of hydrogen-bond donors (Lipinski definition) is 1. The molecular weight excluding hydrogens is 362 g/mol. The highest BCUT2D eigenvalue weighted by Crippen LogP contribution is 2.38. The largest absolute Gasteiger partial charge is 0.364 e. The Bertz CT molecular complexity index is 1060. The molecule has 7 heteroatoms. The predicted octanol–water partition coefficient (Wildman–Crippen LogP) is 3.85. The van der Waals surface area contributed by atoms with Gasteiger partial charge in [-0.15, -0.1) is 0 Å². The first-order valence-corrected chi connectivity index (χ1v) is 9.60. The van der Waals surface area contributed by atoms with Crippen LogP contribution >= 0.6 is 0 Å². The molecule has 1 aromatic carbocycles. The fourth-order valence-electron chi connectivity index (χ4n) is 3.98. The second kappa shape index (κ2) is 6.58. The summed E-state index contributed by atoms with van der Waals surface area (Å²) < 4.78 is 29.7. The van der Waals surface area contributed by atoms with E-state index in [1.165, 1.54) is 12.1 Å². The van der Waals surface area contributed by atoms with Crippen LogP contribution in [0.5, 0.6) is 0 Å². The summed E-state index contributed by atoms with van der Waals surface area (Å²) in [6.07, 6.45) is 7.05. The summed E-state index contributed by atoms with van der Waals surface area (Å²) in [6, 6.07) is 7.45. The predicted molar refractivity (Wildman–Crippen MR) is 101 cm³/mol. The molecule has 1 aliphatic heterocycles. The van der Waals surface area contributed by atoms with E-state index in [2.05, 4.69) is 15.3 Å². The molecular formula is C21H20F2N4O. The summed E-state index contributed by atoms with van der Waals surface area (Å²) in [5.74, 6) is -0.953. The van der Waals surface area contributed by atoms with E-state index in [4.69, 9.17) is 0 Å². The summed E-state index contributed by atoms with van der Waals surface area (Å²) in [4.78, 5) is 14.6. The first-order chi connectivity index (χ1) is 13.6. The van der Waals surface area contributed by atoms with E-state index < -0.39 is 11.6 Å². The Hall–Kier alpha value is -2.96. The van der Waals surface area contributed by atoms with Crippen LogP contribution in [0.4, 0.5) is 14.5 Å². The second-order valence-electron chi connectivity index (χ2n) is 7.54. The molecule has 2 fully saturated rings. The van der Waals surface area contributed by atoms with Crippen molar-refractivity contribution >= 4 is 17.1 Å². The Morgan fingerprint density at radius 2 is 2.00 bits per heavy atom. The molecule has 28 heavy (non-hydrogen) atoms. The zero-order valence-corrected chi connectivity index (χ0v) is 15.2. The number of hydrogen-bond acceptors (Lipinski definition) is 3. The summed E-state index contributed by atoms with van der Waals surface area (Å²) in [7, 11) is 0. The lowest BCUT2D eigenvalue weighted by Gasteiger charge is -2.27. The standard InChI is InChI=1S/C21H20F2N4O/c22-13-3-6-18(23)16(10-13)19-2-1-8-26(19)15-7-9-27-20(11-15)17(12-24-27)21(28)25-14-4-5-14/h3,6-7,9-12,14,19H,1-2,4-5,8H2,(H,25,28). The van der Waals surface area contributed by atoms with Crippen LogP contribution in [0, 0.1) is 11.6 Å². The lowest BCUT2D eigenvalue weighted by atomic mass is 10.0. The van der Waals surface area contributed by atoms with Gasteiger partial charge in [-0.05, 0) is 56.0 Å². The highest BCUT2D eigenvalue weighted by atomic mass is 19.1. The molecule has 1 saturated carbocycles. The molecule has 144 valence electrons. The molecule has 0 spiro atoms. The maximum absolute atomic E-state index is 14.4. The summed E-state index contributed by atoms with van der Waals surface area (Å²) in [5, 5.41) is 7.25. The monoisotopic (exact) mass is 382 g/mol. The molecule has 1 saturated heterocycles. The molecule has 0 bridgehead atoms. The number of amides is 1. The van der Waals surface area contributed by atoms with Crippen molar-refractivity contribution in [3.8, 4) is 0 Å². The quantitative estimate of drug-likeness (QED) is 0.746. The maximum atomic E-state index is 14.4. The van der Waals surface area contributed by atoms with E-state index in [0.717, 1.165) is 44.0 Å². The third-order valence-corrected chi connectivity index (χ3v) is 5.56. The van der Waals surface area contributed by atoms with Gasteiger partial charge in [0.05, 0.1) is 23.3 Å². The smallest absolute Gasteiger partial charge is 0.255 e. The average molecular weight is 382 g/mol. The number of carbonyl (C=O) groups is 1. The van der Waals surface area contributed by atoms with Gasteiger partial charge in [-0.1, -0.05) is 0 Å². The van der Waals surface area contributed by atoms with Gasteiger partial charge in [-0.25, -0.2) is 13.3 Å². The Balaban J connectivity index is 1.51. The minimum Gasteiger partial charge on any atom is -0.364 e. The first kappa shape index (κ1) is 17.2. The number of nitrogens with zero attached hydrogens (tertiary/aromatic N) is 3. The van der Waals surface area contributed by atoms with Crippen LogP contribution in [-0.2, 0) is 0 Å². The van der Waals surface area contributed by atoms with Gasteiger partial charge in [0, 0.05) is 30.0 Å². The molecule has 1 atom stereocenters. The van der Waals surface area contributed by atoms with Gasteiger partial charge in [0.25, 0.3) is 5.91 Å². The molecule has 0 radical (unpaired) electrons. The molecule has 5 rings (SSSR count). The molecule has 5 nitrogen and oxygen atoms in total. The number of carbonyl (C=O) groups excluding carboxylic acids is 1. The van der Waals surface area contributed by atoms with Gasteiger partial charge in [0.2, 0.25) is 0 Å². The van der Waals surface area contributed by atoms with Gasteiger partial charge in [0.15, 0.2) is 0 Å². The zero-order valence-electron chi connectivity index (χ0n) is 15.2. The third kappa shape index (κ3) is 3.00. The van der Waals surface area contributed by atoms with Gasteiger partial charge in [-0.2, -0.15) is 5.10 Å². The molecule has 3 aromatic rings. The van der Waals surface area contributed by atoms with Crippen LogP contribution < -0.4 is 10.2 Å². The van der Waals surface area contributed by atoms with Crippen LogP contribution in [-0.4, -0.2) is 28.1 Å². The minimum atomic E-state index is -0.437. The lowest BCUT2D eigenvalue weighted by Crippen LogP contribution is -2.25. The number of anilines is 1. The van der Waals surface area contributed by atoms with E-state index in [1.807, 2.05) is 12.1 Å². The number of halogens is 2. The molecule has 1 N–H and O–H groups in total. The van der Waals surface area contributed by atoms with Crippen molar-refractivity contribution in [3.05, 3.63) is 65.5 Å². The molecule has 1 aliphatic carbocycles.